The van der Waals surface area contributed by atoms with Crippen molar-refractivity contribution in [3.8, 4) is 11.1 Å². The van der Waals surface area contributed by atoms with Gasteiger partial charge >= 0.3 is 0 Å². The molecular formula is C38H43B2N11O2. The van der Waals surface area contributed by atoms with Crippen molar-refractivity contribution < 1.29 is 9.59 Å². The Morgan fingerprint density at radius 1 is 0.962 bits per heavy atom. The van der Waals surface area contributed by atoms with E-state index < -0.39 is 5.34 Å². The number of benzene rings is 1. The fraction of sp³-hybridized carbons (Fsp3) is 0.421. The molecule has 4 aliphatic rings. The van der Waals surface area contributed by atoms with Crippen molar-refractivity contribution in [2.24, 2.45) is 5.92 Å². The molecule has 268 valence electrons. The normalized spacial score (nSPS) is 17.1. The van der Waals surface area contributed by atoms with Crippen molar-refractivity contribution in [1.29, 1.82) is 0 Å². The lowest BCUT2D eigenvalue weighted by Gasteiger charge is -2.50. The number of likely N-dealkylation sites (tertiary alicyclic amines) is 2. The number of rotatable bonds is 8. The number of hydrogen-bond donors (Lipinski definition) is 2. The van der Waals surface area contributed by atoms with Crippen molar-refractivity contribution >= 4 is 56.2 Å². The van der Waals surface area contributed by atoms with E-state index in [9.17, 15) is 9.59 Å². The van der Waals surface area contributed by atoms with E-state index in [2.05, 4.69) is 48.4 Å². The molecule has 3 fully saturated rings. The average Bonchev–Trinajstić information content (AvgIpc) is 3.48. The van der Waals surface area contributed by atoms with Crippen LogP contribution < -0.4 is 15.5 Å². The van der Waals surface area contributed by atoms with E-state index in [4.69, 9.17) is 20.8 Å². The number of fused-ring (bicyclic) bond motifs is 4. The fourth-order valence-electron chi connectivity index (χ4n) is 7.55. The molecule has 1 aromatic carbocycles. The average molecular weight is 707 g/mol. The number of para-hydroxylation sites is 1. The van der Waals surface area contributed by atoms with Gasteiger partial charge in [-0.05, 0) is 56.1 Å². The molecule has 2 N–H and O–H groups in total. The van der Waals surface area contributed by atoms with Gasteiger partial charge in [0.2, 0.25) is 5.91 Å². The van der Waals surface area contributed by atoms with E-state index in [-0.39, 0.29) is 23.8 Å². The van der Waals surface area contributed by atoms with Gasteiger partial charge in [-0.3, -0.25) is 14.3 Å². The third-order valence-electron chi connectivity index (χ3n) is 10.5. The standard InChI is InChI=1S/C36H37B2N11O2.C2H6/c1-21-15-31-42-30(43-34(50)22-11-12-22)16-32(49(31)44-21)41-26-8-5-7-24-25-17-39-48(28(25)20-45(2)33(24)26)23-18-47(19-23)36(37,38)29-10-6-9-27(40-29)35(51)46-13-3-4-14-46;1-2/h5-10,15-17,22-23,41H,3-4,11-14,18-20H2,1-2H3,(H,42,43,50);1-2H3. The van der Waals surface area contributed by atoms with E-state index in [0.717, 1.165) is 72.7 Å². The smallest absolute Gasteiger partial charge is 0.272 e. The predicted molar refractivity (Wildman–Crippen MR) is 207 cm³/mol. The van der Waals surface area contributed by atoms with Crippen molar-refractivity contribution in [1.82, 2.24) is 39.2 Å². The SMILES string of the molecule is CC.[B]C([B])(c1cccc(C(=O)N2CCCC2)n1)N1CC(n2ncc3c2CN(C)c2c(Nc4cc(NC(=O)C5CC5)nc5cc(C)nn45)cccc2-3)C1. The van der Waals surface area contributed by atoms with Crippen LogP contribution in [0.5, 0.6) is 0 Å². The number of aryl methyl sites for hydroxylation is 1. The number of hydrogen-bond acceptors (Lipinski definition) is 9. The molecule has 1 aliphatic carbocycles. The molecule has 5 aromatic rings. The van der Waals surface area contributed by atoms with Crippen LogP contribution in [0.1, 0.15) is 73.1 Å². The number of amides is 2. The van der Waals surface area contributed by atoms with E-state index >= 15 is 0 Å². The number of aromatic nitrogens is 6. The van der Waals surface area contributed by atoms with Gasteiger partial charge in [-0.2, -0.15) is 14.7 Å². The highest BCUT2D eigenvalue weighted by Gasteiger charge is 2.41. The predicted octanol–water partition coefficient (Wildman–Crippen LogP) is 4.60. The lowest BCUT2D eigenvalue weighted by molar-refractivity contribution is -0.117. The van der Waals surface area contributed by atoms with Gasteiger partial charge in [-0.25, -0.2) is 9.97 Å². The first-order valence-electron chi connectivity index (χ1n) is 18.6. The van der Waals surface area contributed by atoms with Crippen molar-refractivity contribution in [3.63, 3.8) is 0 Å². The summed E-state index contributed by atoms with van der Waals surface area (Å²) >= 11 is 0. The highest BCUT2D eigenvalue weighted by molar-refractivity contribution is 6.39. The molecule has 0 spiro atoms. The summed E-state index contributed by atoms with van der Waals surface area (Å²) in [6.07, 6.45) is 5.80. The number of nitrogens with zero attached hydrogens (tertiary/aromatic N) is 9. The summed E-state index contributed by atoms with van der Waals surface area (Å²) in [7, 11) is 15.5. The van der Waals surface area contributed by atoms with Crippen LogP contribution in [0.15, 0.2) is 54.7 Å². The molecule has 1 saturated carbocycles. The van der Waals surface area contributed by atoms with Crippen LogP contribution in [0.25, 0.3) is 16.8 Å². The molecule has 7 heterocycles. The number of pyridine rings is 1. The van der Waals surface area contributed by atoms with E-state index in [1.54, 1.807) is 22.7 Å². The molecule has 0 atom stereocenters. The zero-order valence-corrected chi connectivity index (χ0v) is 30.7. The molecule has 9 rings (SSSR count). The fourth-order valence-corrected chi connectivity index (χ4v) is 7.55. The molecule has 4 radical (unpaired) electrons. The maximum absolute atomic E-state index is 13.0. The minimum Gasteiger partial charge on any atom is -0.366 e. The highest BCUT2D eigenvalue weighted by atomic mass is 16.2. The van der Waals surface area contributed by atoms with Gasteiger partial charge in [-0.1, -0.05) is 32.0 Å². The van der Waals surface area contributed by atoms with E-state index in [1.807, 2.05) is 61.0 Å². The summed E-state index contributed by atoms with van der Waals surface area (Å²) < 4.78 is 3.86. The van der Waals surface area contributed by atoms with Gasteiger partial charge in [0.1, 0.15) is 17.3 Å². The molecule has 0 unspecified atom stereocenters. The van der Waals surface area contributed by atoms with Crippen LogP contribution in [0.3, 0.4) is 0 Å². The Kier molecular flexibility index (Phi) is 9.00. The largest absolute Gasteiger partial charge is 0.366 e. The van der Waals surface area contributed by atoms with E-state index in [0.29, 0.717) is 48.3 Å². The van der Waals surface area contributed by atoms with Crippen LogP contribution in [-0.4, -0.2) is 99.9 Å². The van der Waals surface area contributed by atoms with Crippen molar-refractivity contribution in [2.75, 3.05) is 48.8 Å². The van der Waals surface area contributed by atoms with Gasteiger partial charge in [0, 0.05) is 68.1 Å². The summed E-state index contributed by atoms with van der Waals surface area (Å²) in [4.78, 5) is 40.9. The molecular weight excluding hydrogens is 664 g/mol. The van der Waals surface area contributed by atoms with E-state index in [1.165, 1.54) is 0 Å². The number of anilines is 4. The summed E-state index contributed by atoms with van der Waals surface area (Å²) in [5, 5.41) is 14.8. The third-order valence-corrected chi connectivity index (χ3v) is 10.5. The Hall–Kier alpha value is -5.17. The Morgan fingerprint density at radius 3 is 2.47 bits per heavy atom. The van der Waals surface area contributed by atoms with Gasteiger partial charge < -0.3 is 25.3 Å². The van der Waals surface area contributed by atoms with Gasteiger partial charge in [0.15, 0.2) is 5.65 Å². The molecule has 2 saturated heterocycles. The molecule has 4 aromatic heterocycles. The molecule has 2 amide bonds. The lowest BCUT2D eigenvalue weighted by atomic mass is 9.57. The van der Waals surface area contributed by atoms with Gasteiger partial charge in [0.05, 0.1) is 57.2 Å². The Bertz CT molecular complexity index is 2200. The van der Waals surface area contributed by atoms with Crippen molar-refractivity contribution in [3.05, 3.63) is 77.5 Å². The number of carbonyl (C=O) groups excluding carboxylic acids is 2. The van der Waals surface area contributed by atoms with Gasteiger partial charge in [0.25, 0.3) is 5.91 Å². The summed E-state index contributed by atoms with van der Waals surface area (Å²) in [6, 6.07) is 15.3. The van der Waals surface area contributed by atoms with Crippen LogP contribution in [0.2, 0.25) is 0 Å². The molecule has 15 heteroatoms. The Morgan fingerprint density at radius 2 is 1.72 bits per heavy atom. The highest BCUT2D eigenvalue weighted by Crippen LogP contribution is 2.45. The van der Waals surface area contributed by atoms with Gasteiger partial charge in [-0.15, -0.1) is 0 Å². The maximum Gasteiger partial charge on any atom is 0.272 e. The monoisotopic (exact) mass is 707 g/mol. The first-order valence-corrected chi connectivity index (χ1v) is 18.6. The number of carbonyl (C=O) groups is 2. The number of nitrogens with one attached hydrogen (secondary N) is 2. The van der Waals surface area contributed by atoms with Crippen molar-refractivity contribution in [2.45, 2.75) is 64.4 Å². The van der Waals surface area contributed by atoms with Crippen LogP contribution >= 0.6 is 0 Å². The summed E-state index contributed by atoms with van der Waals surface area (Å²) in [5.74, 6) is 1.19. The summed E-state index contributed by atoms with van der Waals surface area (Å²) in [5.41, 5.74) is 7.50. The second-order valence-electron chi connectivity index (χ2n) is 14.3. The Balaban J connectivity index is 0.00000197. The molecule has 0 bridgehead atoms. The van der Waals surface area contributed by atoms with Crippen LogP contribution in [0, 0.1) is 12.8 Å². The molecule has 53 heavy (non-hydrogen) atoms. The quantitative estimate of drug-likeness (QED) is 0.223. The Labute approximate surface area is 312 Å². The summed E-state index contributed by atoms with van der Waals surface area (Å²) in [6.45, 7) is 9.25. The zero-order chi connectivity index (χ0) is 37.0. The minimum absolute atomic E-state index is 0.00359. The lowest BCUT2D eigenvalue weighted by Crippen LogP contribution is -2.60. The second kappa shape index (κ2) is 13.7. The van der Waals surface area contributed by atoms with Crippen LogP contribution in [-0.2, 0) is 16.7 Å². The first kappa shape index (κ1) is 34.9. The molecule has 13 nitrogen and oxygen atoms in total. The maximum atomic E-state index is 13.0. The van der Waals surface area contributed by atoms with Crippen LogP contribution in [0.4, 0.5) is 23.0 Å². The first-order chi connectivity index (χ1) is 25.6. The minimum atomic E-state index is -1.33. The topological polar surface area (TPSA) is 129 Å². The third kappa shape index (κ3) is 6.34. The zero-order valence-electron chi connectivity index (χ0n) is 30.7. The second-order valence-corrected chi connectivity index (χ2v) is 14.3. The molecule has 3 aliphatic heterocycles.